The number of nitrogens with two attached hydrogens (primary N) is 1. The quantitative estimate of drug-likeness (QED) is 0.0728. The van der Waals surface area contributed by atoms with Gasteiger partial charge >= 0.3 is 12.2 Å². The Bertz CT molecular complexity index is 1330. The predicted octanol–water partition coefficient (Wildman–Crippen LogP) is 2.98. The van der Waals surface area contributed by atoms with Gasteiger partial charge in [-0.25, -0.2) is 9.59 Å². The molecule has 0 spiro atoms. The summed E-state index contributed by atoms with van der Waals surface area (Å²) >= 11 is 0. The van der Waals surface area contributed by atoms with Crippen LogP contribution in [0.3, 0.4) is 0 Å². The molecule has 2 aliphatic carbocycles. The molecule has 6 N–H and O–H groups in total. The number of hydrogen-bond donors (Lipinski definition) is 5. The molecule has 6 amide bonds. The van der Waals surface area contributed by atoms with Crippen LogP contribution in [0.1, 0.15) is 71.6 Å². The van der Waals surface area contributed by atoms with E-state index in [9.17, 15) is 28.8 Å². The molecule has 49 heavy (non-hydrogen) atoms. The molecule has 1 heterocycles. The van der Waals surface area contributed by atoms with E-state index in [4.69, 9.17) is 15.2 Å². The van der Waals surface area contributed by atoms with Crippen LogP contribution in [-0.2, 0) is 28.7 Å². The number of carbonyl (C=O) groups excluding carboxylic acids is 6. The Morgan fingerprint density at radius 3 is 2.41 bits per heavy atom. The number of imide groups is 1. The van der Waals surface area contributed by atoms with E-state index in [0.717, 1.165) is 12.8 Å². The first kappa shape index (κ1) is 38.7. The van der Waals surface area contributed by atoms with E-state index in [1.165, 1.54) is 17.1 Å². The maximum atomic E-state index is 13.4. The van der Waals surface area contributed by atoms with Crippen molar-refractivity contribution in [2.45, 2.75) is 83.7 Å². The average molecular weight is 683 g/mol. The Balaban J connectivity index is 1.44. The lowest BCUT2D eigenvalue weighted by molar-refractivity contribution is -0.137. The zero-order chi connectivity index (χ0) is 35.6. The molecule has 0 bridgehead atoms. The van der Waals surface area contributed by atoms with Gasteiger partial charge in [-0.3, -0.25) is 24.1 Å². The molecule has 0 aromatic rings. The third kappa shape index (κ3) is 14.5. The SMILES string of the molecule is CC(C)C(CN[C@@H](CCCNC(N)=O)C(=O)NC1=CCC(COC(=O)OC2=CCCC=C2)C=C1)NC(=O)CCCCCN1C(=O)C=CC1=O. The molecule has 0 aromatic heterocycles. The second kappa shape index (κ2) is 20.6. The molecule has 268 valence electrons. The first-order chi connectivity index (χ1) is 23.5. The van der Waals surface area contributed by atoms with Crippen molar-refractivity contribution in [1.29, 1.82) is 0 Å². The molecule has 0 fully saturated rings. The fourth-order valence-electron chi connectivity index (χ4n) is 5.31. The van der Waals surface area contributed by atoms with Gasteiger partial charge in [-0.15, -0.1) is 0 Å². The predicted molar refractivity (Wildman–Crippen MR) is 182 cm³/mol. The summed E-state index contributed by atoms with van der Waals surface area (Å²) in [6, 6.07) is -1.51. The first-order valence-electron chi connectivity index (χ1n) is 17.0. The van der Waals surface area contributed by atoms with E-state index >= 15 is 0 Å². The summed E-state index contributed by atoms with van der Waals surface area (Å²) in [5.74, 6) is -0.501. The van der Waals surface area contributed by atoms with Gasteiger partial charge in [0, 0.05) is 55.9 Å². The Morgan fingerprint density at radius 1 is 0.980 bits per heavy atom. The third-order valence-electron chi connectivity index (χ3n) is 8.24. The van der Waals surface area contributed by atoms with Gasteiger partial charge in [-0.05, 0) is 69.1 Å². The molecular weight excluding hydrogens is 632 g/mol. The van der Waals surface area contributed by atoms with Gasteiger partial charge in [-0.2, -0.15) is 0 Å². The lowest BCUT2D eigenvalue weighted by Crippen LogP contribution is -2.51. The van der Waals surface area contributed by atoms with E-state index in [1.54, 1.807) is 12.2 Å². The Labute approximate surface area is 287 Å². The zero-order valence-electron chi connectivity index (χ0n) is 28.4. The summed E-state index contributed by atoms with van der Waals surface area (Å²) in [4.78, 5) is 73.8. The number of hydrogen-bond acceptors (Lipinski definition) is 9. The molecule has 2 unspecified atom stereocenters. The van der Waals surface area contributed by atoms with Gasteiger partial charge < -0.3 is 36.5 Å². The number of primary amides is 1. The summed E-state index contributed by atoms with van der Waals surface area (Å²) in [6.07, 6.45) is 18.2. The Morgan fingerprint density at radius 2 is 1.76 bits per heavy atom. The van der Waals surface area contributed by atoms with Crippen molar-refractivity contribution >= 4 is 35.8 Å². The molecule has 3 rings (SSSR count). The number of urea groups is 1. The zero-order valence-corrected chi connectivity index (χ0v) is 28.4. The molecule has 3 atom stereocenters. The number of amides is 6. The molecule has 0 saturated heterocycles. The first-order valence-corrected chi connectivity index (χ1v) is 17.0. The Kier molecular flexibility index (Phi) is 16.3. The lowest BCUT2D eigenvalue weighted by atomic mass is 10.00. The van der Waals surface area contributed by atoms with E-state index in [1.807, 2.05) is 38.2 Å². The molecule has 14 nitrogen and oxygen atoms in total. The highest BCUT2D eigenvalue weighted by Crippen LogP contribution is 2.17. The number of nitrogens with zero attached hydrogens (tertiary/aromatic N) is 1. The number of unbranched alkanes of at least 4 members (excludes halogenated alkanes) is 2. The topological polar surface area (TPSA) is 198 Å². The third-order valence-corrected chi connectivity index (χ3v) is 8.24. The molecule has 0 aromatic carbocycles. The van der Waals surface area contributed by atoms with Crippen LogP contribution >= 0.6 is 0 Å². The normalized spacial score (nSPS) is 18.1. The largest absolute Gasteiger partial charge is 0.513 e. The van der Waals surface area contributed by atoms with Crippen molar-refractivity contribution < 1.29 is 38.2 Å². The van der Waals surface area contributed by atoms with Gasteiger partial charge in [0.15, 0.2) is 0 Å². The molecular formula is C35H50N6O8. The van der Waals surface area contributed by atoms with Gasteiger partial charge in [0.1, 0.15) is 12.4 Å². The number of allylic oxidation sites excluding steroid dienone is 5. The standard InChI is InChI=1S/C35H50N6O8/c1-24(2)29(40-30(42)13-7-4-8-21-41-31(43)18-19-32(41)44)22-38-28(12-9-20-37-34(36)46)33(45)39-26-16-14-25(15-17-26)23-48-35(47)49-27-10-5-3-6-11-27/h5,10-11,14,16-19,24-25,28-29,38H,3-4,6-9,12-13,15,20-23H2,1-2H3,(H,39,45)(H,40,42)(H3,36,37,46)/t25?,28-,29?/m0/s1. The number of carbonyl (C=O) groups is 6. The lowest BCUT2D eigenvalue weighted by Gasteiger charge is -2.26. The summed E-state index contributed by atoms with van der Waals surface area (Å²) in [6.45, 7) is 5.09. The molecule has 3 aliphatic rings. The van der Waals surface area contributed by atoms with Crippen molar-refractivity contribution in [3.63, 3.8) is 0 Å². The van der Waals surface area contributed by atoms with Crippen LogP contribution in [0.25, 0.3) is 0 Å². The highest BCUT2D eigenvalue weighted by Gasteiger charge is 2.24. The summed E-state index contributed by atoms with van der Waals surface area (Å²) < 4.78 is 10.5. The maximum absolute atomic E-state index is 13.4. The van der Waals surface area contributed by atoms with E-state index in [2.05, 4.69) is 21.3 Å². The number of nitrogens with one attached hydrogen (secondary N) is 4. The highest BCUT2D eigenvalue weighted by atomic mass is 16.7. The summed E-state index contributed by atoms with van der Waals surface area (Å²) in [5.41, 5.74) is 5.80. The van der Waals surface area contributed by atoms with E-state index in [-0.39, 0.29) is 48.1 Å². The maximum Gasteiger partial charge on any atom is 0.513 e. The summed E-state index contributed by atoms with van der Waals surface area (Å²) in [5, 5.41) is 11.8. The average Bonchev–Trinajstić information content (AvgIpc) is 3.39. The fourth-order valence-corrected chi connectivity index (χ4v) is 5.31. The van der Waals surface area contributed by atoms with Crippen LogP contribution in [-0.4, -0.2) is 79.0 Å². The second-order valence-corrected chi connectivity index (χ2v) is 12.5. The van der Waals surface area contributed by atoms with Crippen LogP contribution in [0.4, 0.5) is 9.59 Å². The minimum atomic E-state index is -0.756. The van der Waals surface area contributed by atoms with Gasteiger partial charge in [0.2, 0.25) is 11.8 Å². The van der Waals surface area contributed by atoms with Crippen molar-refractivity contribution in [1.82, 2.24) is 26.2 Å². The van der Waals surface area contributed by atoms with Crippen LogP contribution < -0.4 is 27.0 Å². The second-order valence-electron chi connectivity index (χ2n) is 12.5. The van der Waals surface area contributed by atoms with Crippen molar-refractivity contribution in [2.24, 2.45) is 17.6 Å². The fraction of sp³-hybridized carbons (Fsp3) is 0.543. The molecule has 0 radical (unpaired) electrons. The van der Waals surface area contributed by atoms with E-state index < -0.39 is 18.2 Å². The van der Waals surface area contributed by atoms with Crippen molar-refractivity contribution in [3.8, 4) is 0 Å². The summed E-state index contributed by atoms with van der Waals surface area (Å²) in [7, 11) is 0. The van der Waals surface area contributed by atoms with Gasteiger partial charge in [0.25, 0.3) is 11.8 Å². The van der Waals surface area contributed by atoms with Crippen LogP contribution in [0, 0.1) is 11.8 Å². The molecule has 14 heteroatoms. The minimum Gasteiger partial charge on any atom is -0.433 e. The smallest absolute Gasteiger partial charge is 0.433 e. The van der Waals surface area contributed by atoms with Crippen molar-refractivity contribution in [2.75, 3.05) is 26.2 Å². The Hall–Kier alpha value is -4.72. The van der Waals surface area contributed by atoms with Gasteiger partial charge in [0.05, 0.1) is 6.04 Å². The number of ether oxygens (including phenoxy) is 2. The van der Waals surface area contributed by atoms with Crippen molar-refractivity contribution in [3.05, 3.63) is 60.1 Å². The van der Waals surface area contributed by atoms with Crippen LogP contribution in [0.15, 0.2) is 60.1 Å². The molecule has 0 saturated carbocycles. The van der Waals surface area contributed by atoms with E-state index in [0.29, 0.717) is 76.0 Å². The minimum absolute atomic E-state index is 0.0657. The highest BCUT2D eigenvalue weighted by molar-refractivity contribution is 6.12. The number of rotatable bonds is 20. The van der Waals surface area contributed by atoms with Crippen LogP contribution in [0.2, 0.25) is 0 Å². The molecule has 1 aliphatic heterocycles. The van der Waals surface area contributed by atoms with Crippen LogP contribution in [0.5, 0.6) is 0 Å². The monoisotopic (exact) mass is 682 g/mol. The van der Waals surface area contributed by atoms with Gasteiger partial charge in [-0.1, -0.05) is 38.5 Å².